The van der Waals surface area contributed by atoms with Crippen molar-refractivity contribution >= 4 is 57.7 Å². The van der Waals surface area contributed by atoms with Crippen molar-refractivity contribution in [2.45, 2.75) is 51.0 Å². The molecular formula is C43H44FN11O6. The number of carbonyl (C=O) groups excluding carboxylic acids is 4. The van der Waals surface area contributed by atoms with Crippen molar-refractivity contribution in [3.63, 3.8) is 0 Å². The summed E-state index contributed by atoms with van der Waals surface area (Å²) in [6.07, 6.45) is 9.90. The normalized spacial score (nSPS) is 13.7. The summed E-state index contributed by atoms with van der Waals surface area (Å²) in [5.41, 5.74) is 4.25. The quantitative estimate of drug-likeness (QED) is 0.0637. The second kappa shape index (κ2) is 18.6. The summed E-state index contributed by atoms with van der Waals surface area (Å²) in [6, 6.07) is 15.3. The Balaban J connectivity index is 0.898. The molecule has 1 saturated heterocycles. The number of ether oxygens (including phenoxy) is 1. The Labute approximate surface area is 349 Å². The number of carbonyl (C=O) groups is 4. The van der Waals surface area contributed by atoms with Gasteiger partial charge in [-0.25, -0.2) is 29.1 Å². The number of hydrogen-bond acceptors (Lipinski definition) is 12. The number of amides is 4. The van der Waals surface area contributed by atoms with Gasteiger partial charge in [0.1, 0.15) is 17.7 Å². The number of pyridine rings is 2. The first-order valence-electron chi connectivity index (χ1n) is 19.7. The predicted octanol–water partition coefficient (Wildman–Crippen LogP) is 5.09. The molecule has 314 valence electrons. The van der Waals surface area contributed by atoms with Crippen LogP contribution in [-0.4, -0.2) is 73.4 Å². The van der Waals surface area contributed by atoms with Gasteiger partial charge in [0.15, 0.2) is 17.4 Å². The van der Waals surface area contributed by atoms with Crippen LogP contribution in [0.4, 0.5) is 27.4 Å². The van der Waals surface area contributed by atoms with Gasteiger partial charge in [-0.2, -0.15) is 0 Å². The van der Waals surface area contributed by atoms with E-state index in [4.69, 9.17) is 4.74 Å². The van der Waals surface area contributed by atoms with Gasteiger partial charge < -0.3 is 26.0 Å². The Morgan fingerprint density at radius 2 is 1.64 bits per heavy atom. The molecular weight excluding hydrogens is 786 g/mol. The molecule has 4 aromatic heterocycles. The van der Waals surface area contributed by atoms with E-state index in [1.54, 1.807) is 48.0 Å². The number of nitrogens with zero attached hydrogens (tertiary/aromatic N) is 6. The highest BCUT2D eigenvalue weighted by atomic mass is 19.1. The summed E-state index contributed by atoms with van der Waals surface area (Å²) >= 11 is 0. The van der Waals surface area contributed by atoms with Gasteiger partial charge in [0, 0.05) is 45.5 Å². The van der Waals surface area contributed by atoms with Crippen LogP contribution in [0.15, 0.2) is 84.2 Å². The molecule has 7 rings (SSSR count). The fourth-order valence-corrected chi connectivity index (χ4v) is 7.21. The largest absolute Gasteiger partial charge is 0.494 e. The molecule has 1 fully saturated rings. The average molecular weight is 830 g/mol. The number of imidazole rings is 1. The van der Waals surface area contributed by atoms with E-state index in [1.807, 2.05) is 18.2 Å². The molecule has 0 radical (unpaired) electrons. The number of methoxy groups -OCH3 is 1. The standard InChI is InChI=1S/C43H44FN11O6/c1-45-41(58)29-24-48-36(20-31(29)51-30-11-8-10-28(38(30)61-3)39-49-22-27(44)23-50-39)52-35-16-13-26(21-47-35)40(57)46-18-7-5-4-6-9-25-12-14-32-34(19-25)54(2)43(60)55(32)33-15-17-37(56)53-42(33)59/h8,10-14,16,19-24,33H,4-7,9,15,17-18H2,1-3H3,(H,45,58)(H,46,57)(H,53,56,59)(H2,47,48,51,52). The molecule has 1 unspecified atom stereocenters. The minimum atomic E-state index is -0.716. The summed E-state index contributed by atoms with van der Waals surface area (Å²) in [5, 5.41) is 14.3. The summed E-state index contributed by atoms with van der Waals surface area (Å²) in [6.45, 7) is 0.503. The summed E-state index contributed by atoms with van der Waals surface area (Å²) in [7, 11) is 4.68. The lowest BCUT2D eigenvalue weighted by Crippen LogP contribution is -2.44. The zero-order chi connectivity index (χ0) is 43.0. The number of piperidine rings is 1. The molecule has 1 aliphatic heterocycles. The third-order valence-corrected chi connectivity index (χ3v) is 10.4. The van der Waals surface area contributed by atoms with Crippen molar-refractivity contribution in [1.29, 1.82) is 0 Å². The van der Waals surface area contributed by atoms with Crippen LogP contribution < -0.4 is 37.0 Å². The number of para-hydroxylation sites is 1. The number of unbranched alkanes of at least 4 members (excludes halogenated alkanes) is 3. The topological polar surface area (TPSA) is 216 Å². The van der Waals surface area contributed by atoms with E-state index in [1.165, 1.54) is 31.1 Å². The Hall–Kier alpha value is -7.50. The van der Waals surface area contributed by atoms with Gasteiger partial charge in [0.2, 0.25) is 11.8 Å². The Morgan fingerprint density at radius 1 is 0.852 bits per heavy atom. The van der Waals surface area contributed by atoms with Crippen molar-refractivity contribution < 1.29 is 28.3 Å². The zero-order valence-corrected chi connectivity index (χ0v) is 33.8. The van der Waals surface area contributed by atoms with Crippen LogP contribution in [0.2, 0.25) is 0 Å². The average Bonchev–Trinajstić information content (AvgIpc) is 3.51. The molecule has 0 spiro atoms. The van der Waals surface area contributed by atoms with E-state index in [0.29, 0.717) is 51.9 Å². The van der Waals surface area contributed by atoms with Gasteiger partial charge in [0.05, 0.1) is 58.6 Å². The maximum Gasteiger partial charge on any atom is 0.329 e. The number of aromatic nitrogens is 6. The highest BCUT2D eigenvalue weighted by Crippen LogP contribution is 2.37. The summed E-state index contributed by atoms with van der Waals surface area (Å²) in [4.78, 5) is 79.8. The molecule has 1 aliphatic rings. The highest BCUT2D eigenvalue weighted by Gasteiger charge is 2.31. The van der Waals surface area contributed by atoms with Gasteiger partial charge in [0.25, 0.3) is 11.8 Å². The first-order chi connectivity index (χ1) is 29.5. The van der Waals surface area contributed by atoms with E-state index in [0.717, 1.165) is 55.6 Å². The van der Waals surface area contributed by atoms with Crippen LogP contribution in [0.3, 0.4) is 0 Å². The number of halogens is 1. The monoisotopic (exact) mass is 829 g/mol. The van der Waals surface area contributed by atoms with Crippen LogP contribution in [0.25, 0.3) is 22.4 Å². The second-order valence-electron chi connectivity index (χ2n) is 14.4. The number of imide groups is 1. The maximum absolute atomic E-state index is 13.5. The van der Waals surface area contributed by atoms with E-state index in [9.17, 15) is 28.4 Å². The number of aryl methyl sites for hydroxylation is 2. The SMILES string of the molecule is CNC(=O)c1cnc(Nc2ccc(C(=O)NCCCCCCc3ccc4c(c3)n(C)c(=O)n4C3CCC(=O)NC3=O)cn2)cc1Nc1cccc(-c2ncc(F)cn2)c1OC. The van der Waals surface area contributed by atoms with Gasteiger partial charge in [-0.1, -0.05) is 25.0 Å². The van der Waals surface area contributed by atoms with E-state index in [-0.39, 0.29) is 47.6 Å². The van der Waals surface area contributed by atoms with E-state index in [2.05, 4.69) is 46.5 Å². The van der Waals surface area contributed by atoms with Crippen LogP contribution in [-0.2, 0) is 23.1 Å². The fraction of sp³-hybridized carbons (Fsp3) is 0.279. The molecule has 61 heavy (non-hydrogen) atoms. The molecule has 1 atom stereocenters. The van der Waals surface area contributed by atoms with Crippen LogP contribution in [0, 0.1) is 5.82 Å². The van der Waals surface area contributed by atoms with Crippen LogP contribution in [0.1, 0.15) is 70.8 Å². The Morgan fingerprint density at radius 3 is 2.38 bits per heavy atom. The van der Waals surface area contributed by atoms with E-state index < -0.39 is 17.8 Å². The summed E-state index contributed by atoms with van der Waals surface area (Å²) in [5.74, 6) is -0.552. The Kier molecular flexibility index (Phi) is 12.7. The van der Waals surface area contributed by atoms with Crippen LogP contribution in [0.5, 0.6) is 5.75 Å². The van der Waals surface area contributed by atoms with Gasteiger partial charge in [-0.05, 0) is 67.6 Å². The number of hydrogen-bond donors (Lipinski definition) is 5. The first kappa shape index (κ1) is 41.7. The highest BCUT2D eigenvalue weighted by molar-refractivity contribution is 6.01. The fourth-order valence-electron chi connectivity index (χ4n) is 7.21. The lowest BCUT2D eigenvalue weighted by Gasteiger charge is -2.21. The molecule has 6 aromatic rings. The van der Waals surface area contributed by atoms with Crippen molar-refractivity contribution in [2.75, 3.05) is 31.3 Å². The van der Waals surface area contributed by atoms with Crippen molar-refractivity contribution in [1.82, 2.24) is 45.0 Å². The first-order valence-corrected chi connectivity index (χ1v) is 19.7. The molecule has 0 saturated carbocycles. The number of nitrogens with one attached hydrogen (secondary N) is 5. The lowest BCUT2D eigenvalue weighted by atomic mass is 10.0. The van der Waals surface area contributed by atoms with Crippen molar-refractivity contribution in [3.8, 4) is 17.1 Å². The molecule has 0 aliphatic carbocycles. The zero-order valence-electron chi connectivity index (χ0n) is 33.8. The third-order valence-electron chi connectivity index (χ3n) is 10.4. The van der Waals surface area contributed by atoms with Gasteiger partial charge in [-0.15, -0.1) is 0 Å². The predicted molar refractivity (Wildman–Crippen MR) is 226 cm³/mol. The summed E-state index contributed by atoms with van der Waals surface area (Å²) < 4.78 is 22.2. The maximum atomic E-state index is 13.5. The minimum absolute atomic E-state index is 0.192. The molecule has 0 bridgehead atoms. The minimum Gasteiger partial charge on any atom is -0.494 e. The van der Waals surface area contributed by atoms with E-state index >= 15 is 0 Å². The second-order valence-corrected chi connectivity index (χ2v) is 14.4. The van der Waals surface area contributed by atoms with Crippen molar-refractivity contribution in [2.24, 2.45) is 7.05 Å². The van der Waals surface area contributed by atoms with Crippen LogP contribution >= 0.6 is 0 Å². The number of benzene rings is 2. The number of fused-ring (bicyclic) bond motifs is 1. The molecule has 5 N–H and O–H groups in total. The van der Waals surface area contributed by atoms with Gasteiger partial charge >= 0.3 is 5.69 Å². The smallest absolute Gasteiger partial charge is 0.329 e. The Bertz CT molecular complexity index is 2660. The van der Waals surface area contributed by atoms with Crippen molar-refractivity contribution in [3.05, 3.63) is 112 Å². The molecule has 17 nitrogen and oxygen atoms in total. The lowest BCUT2D eigenvalue weighted by molar-refractivity contribution is -0.135. The molecule has 4 amide bonds. The van der Waals surface area contributed by atoms with Gasteiger partial charge in [-0.3, -0.25) is 33.6 Å². The molecule has 5 heterocycles. The molecule has 2 aromatic carbocycles. The number of anilines is 4. The molecule has 18 heteroatoms. The number of rotatable bonds is 16. The third kappa shape index (κ3) is 9.38.